The van der Waals surface area contributed by atoms with Crippen molar-refractivity contribution in [3.8, 4) is 11.5 Å². The monoisotopic (exact) mass is 528 g/mol. The van der Waals surface area contributed by atoms with Crippen molar-refractivity contribution >= 4 is 47.2 Å². The molecule has 2 aliphatic heterocycles. The van der Waals surface area contributed by atoms with Gasteiger partial charge in [0.05, 0.1) is 13.1 Å². The Hall–Kier alpha value is -2.01. The van der Waals surface area contributed by atoms with Crippen LogP contribution in [0.15, 0.2) is 34.6 Å². The molecule has 3 heterocycles. The van der Waals surface area contributed by atoms with Crippen molar-refractivity contribution in [1.29, 1.82) is 0 Å². The quantitative estimate of drug-likeness (QED) is 0.355. The van der Waals surface area contributed by atoms with Gasteiger partial charge in [-0.1, -0.05) is 6.07 Å². The second-order valence-corrected chi connectivity index (χ2v) is 7.67. The summed E-state index contributed by atoms with van der Waals surface area (Å²) in [7, 11) is 0. The average molecular weight is 528 g/mol. The maximum Gasteiger partial charge on any atom is 0.242 e. The highest BCUT2D eigenvalue weighted by Crippen LogP contribution is 2.32. The SMILES string of the molecule is CCNC(=NCc1ccc2c(c1)OCO2)NCC(=O)N1CCc2sccc2C1.I. The Morgan fingerprint density at radius 1 is 1.24 bits per heavy atom. The summed E-state index contributed by atoms with van der Waals surface area (Å²) in [5, 5.41) is 8.44. The third kappa shape index (κ3) is 5.33. The number of carbonyl (C=O) groups excluding carboxylic acids is 1. The molecule has 0 radical (unpaired) electrons. The van der Waals surface area contributed by atoms with E-state index in [-0.39, 0.29) is 43.2 Å². The average Bonchev–Trinajstić information content (AvgIpc) is 3.37. The van der Waals surface area contributed by atoms with Gasteiger partial charge in [0.15, 0.2) is 17.5 Å². The van der Waals surface area contributed by atoms with Gasteiger partial charge >= 0.3 is 0 Å². The lowest BCUT2D eigenvalue weighted by molar-refractivity contribution is -0.130. The zero-order valence-electron chi connectivity index (χ0n) is 16.3. The van der Waals surface area contributed by atoms with E-state index in [1.54, 1.807) is 11.3 Å². The number of guanidine groups is 1. The molecule has 1 aromatic carbocycles. The third-order valence-corrected chi connectivity index (χ3v) is 5.79. The van der Waals surface area contributed by atoms with E-state index in [9.17, 15) is 4.79 Å². The van der Waals surface area contributed by atoms with Crippen molar-refractivity contribution in [1.82, 2.24) is 15.5 Å². The number of thiophene rings is 1. The van der Waals surface area contributed by atoms with E-state index < -0.39 is 0 Å². The molecule has 2 aliphatic rings. The van der Waals surface area contributed by atoms with Gasteiger partial charge in [-0.2, -0.15) is 0 Å². The fourth-order valence-electron chi connectivity index (χ4n) is 3.28. The van der Waals surface area contributed by atoms with Crippen molar-refractivity contribution in [3.63, 3.8) is 0 Å². The number of hydrogen-bond acceptors (Lipinski definition) is 5. The van der Waals surface area contributed by atoms with Crippen LogP contribution < -0.4 is 20.1 Å². The van der Waals surface area contributed by atoms with E-state index in [1.165, 1.54) is 10.4 Å². The molecule has 0 saturated heterocycles. The highest BCUT2D eigenvalue weighted by atomic mass is 127. The second-order valence-electron chi connectivity index (χ2n) is 6.67. The number of rotatable bonds is 5. The fraction of sp³-hybridized carbons (Fsp3) is 0.400. The maximum atomic E-state index is 12.6. The van der Waals surface area contributed by atoms with Gasteiger partial charge in [0.1, 0.15) is 0 Å². The maximum absolute atomic E-state index is 12.6. The topological polar surface area (TPSA) is 75.2 Å². The third-order valence-electron chi connectivity index (χ3n) is 4.77. The summed E-state index contributed by atoms with van der Waals surface area (Å²) >= 11 is 1.78. The van der Waals surface area contributed by atoms with E-state index in [0.717, 1.165) is 36.6 Å². The summed E-state index contributed by atoms with van der Waals surface area (Å²) in [6.45, 7) is 5.18. The molecular weight excluding hydrogens is 503 g/mol. The lowest BCUT2D eigenvalue weighted by Gasteiger charge is -2.27. The molecule has 2 aromatic rings. The Morgan fingerprint density at radius 3 is 2.97 bits per heavy atom. The van der Waals surface area contributed by atoms with Gasteiger partial charge in [-0.15, -0.1) is 35.3 Å². The molecule has 0 atom stereocenters. The molecule has 9 heteroatoms. The van der Waals surface area contributed by atoms with E-state index in [1.807, 2.05) is 30.0 Å². The molecule has 7 nitrogen and oxygen atoms in total. The van der Waals surface area contributed by atoms with Crippen molar-refractivity contribution in [2.45, 2.75) is 26.4 Å². The van der Waals surface area contributed by atoms with Gasteiger partial charge in [0.2, 0.25) is 12.7 Å². The van der Waals surface area contributed by atoms with Crippen molar-refractivity contribution < 1.29 is 14.3 Å². The van der Waals surface area contributed by atoms with Gasteiger partial charge in [0.25, 0.3) is 0 Å². The number of carbonyl (C=O) groups is 1. The fourth-order valence-corrected chi connectivity index (χ4v) is 4.17. The first-order chi connectivity index (χ1) is 13.7. The Balaban J connectivity index is 0.00000240. The number of benzene rings is 1. The van der Waals surface area contributed by atoms with Gasteiger partial charge in [-0.3, -0.25) is 4.79 Å². The summed E-state index contributed by atoms with van der Waals surface area (Å²) in [6.07, 6.45) is 0.941. The summed E-state index contributed by atoms with van der Waals surface area (Å²) in [4.78, 5) is 20.5. The molecule has 0 unspecified atom stereocenters. The first-order valence-corrected chi connectivity index (χ1v) is 10.3. The number of hydrogen-bond donors (Lipinski definition) is 2. The zero-order chi connectivity index (χ0) is 19.3. The molecule has 29 heavy (non-hydrogen) atoms. The van der Waals surface area contributed by atoms with E-state index in [2.05, 4.69) is 27.1 Å². The Kier molecular flexibility index (Phi) is 7.59. The molecule has 0 bridgehead atoms. The standard InChI is InChI=1S/C20H24N4O3S.HI/c1-2-21-20(22-10-14-3-4-16-17(9-14)27-13-26-16)23-11-19(25)24-7-5-18-15(12-24)6-8-28-18;/h3-4,6,8-9H,2,5,7,10-13H2,1H3,(H2,21,22,23);1H. The van der Waals surface area contributed by atoms with Crippen LogP contribution in [-0.4, -0.2) is 43.2 Å². The largest absolute Gasteiger partial charge is 0.454 e. The summed E-state index contributed by atoms with van der Waals surface area (Å²) in [5.41, 5.74) is 2.29. The van der Waals surface area contributed by atoms with Crippen LogP contribution in [0.25, 0.3) is 0 Å². The Labute approximate surface area is 191 Å². The van der Waals surface area contributed by atoms with Crippen LogP contribution in [0.3, 0.4) is 0 Å². The normalized spacial score (nSPS) is 14.8. The van der Waals surface area contributed by atoms with E-state index >= 15 is 0 Å². The number of ether oxygens (including phenoxy) is 2. The zero-order valence-corrected chi connectivity index (χ0v) is 19.4. The van der Waals surface area contributed by atoms with Crippen LogP contribution in [-0.2, 0) is 24.3 Å². The minimum atomic E-state index is 0. The smallest absolute Gasteiger partial charge is 0.242 e. The van der Waals surface area contributed by atoms with Crippen LogP contribution in [0.1, 0.15) is 22.9 Å². The van der Waals surface area contributed by atoms with E-state index in [0.29, 0.717) is 19.0 Å². The van der Waals surface area contributed by atoms with Crippen LogP contribution in [0.2, 0.25) is 0 Å². The van der Waals surface area contributed by atoms with Crippen molar-refractivity contribution in [3.05, 3.63) is 45.6 Å². The van der Waals surface area contributed by atoms with Gasteiger partial charge in [0, 0.05) is 24.5 Å². The molecule has 1 aromatic heterocycles. The molecule has 2 N–H and O–H groups in total. The number of aliphatic imine (C=N–C) groups is 1. The number of halogens is 1. The van der Waals surface area contributed by atoms with Crippen molar-refractivity contribution in [2.75, 3.05) is 26.4 Å². The first kappa shape index (κ1) is 21.7. The van der Waals surface area contributed by atoms with Gasteiger partial charge in [-0.25, -0.2) is 4.99 Å². The van der Waals surface area contributed by atoms with E-state index in [4.69, 9.17) is 9.47 Å². The molecule has 0 fully saturated rings. The molecule has 0 saturated carbocycles. The molecule has 0 spiro atoms. The van der Waals surface area contributed by atoms with Crippen LogP contribution in [0, 0.1) is 0 Å². The molecule has 156 valence electrons. The van der Waals surface area contributed by atoms with Crippen molar-refractivity contribution in [2.24, 2.45) is 4.99 Å². The number of nitrogens with zero attached hydrogens (tertiary/aromatic N) is 2. The predicted octanol–water partition coefficient (Wildman–Crippen LogP) is 2.73. The Bertz CT molecular complexity index is 886. The number of nitrogens with one attached hydrogen (secondary N) is 2. The van der Waals surface area contributed by atoms with Crippen LogP contribution in [0.4, 0.5) is 0 Å². The minimum absolute atomic E-state index is 0. The summed E-state index contributed by atoms with van der Waals surface area (Å²) in [5.74, 6) is 2.23. The predicted molar refractivity (Wildman–Crippen MR) is 124 cm³/mol. The molecule has 1 amide bonds. The first-order valence-electron chi connectivity index (χ1n) is 9.46. The van der Waals surface area contributed by atoms with Crippen LogP contribution >= 0.6 is 35.3 Å². The summed E-state index contributed by atoms with van der Waals surface area (Å²) in [6, 6.07) is 7.92. The highest BCUT2D eigenvalue weighted by molar-refractivity contribution is 14.0. The molecule has 0 aliphatic carbocycles. The molecular formula is C20H25IN4O3S. The van der Waals surface area contributed by atoms with Gasteiger partial charge < -0.3 is 25.0 Å². The summed E-state index contributed by atoms with van der Waals surface area (Å²) < 4.78 is 10.7. The molecule has 4 rings (SSSR count). The van der Waals surface area contributed by atoms with Gasteiger partial charge in [-0.05, 0) is 48.1 Å². The lowest BCUT2D eigenvalue weighted by Crippen LogP contribution is -2.45. The second kappa shape index (κ2) is 10.1. The number of fused-ring (bicyclic) bond motifs is 2. The lowest BCUT2D eigenvalue weighted by atomic mass is 10.1. The minimum Gasteiger partial charge on any atom is -0.454 e. The number of amides is 1. The Morgan fingerprint density at radius 2 is 2.10 bits per heavy atom. The van der Waals surface area contributed by atoms with Crippen LogP contribution in [0.5, 0.6) is 11.5 Å². The highest BCUT2D eigenvalue weighted by Gasteiger charge is 2.21.